The normalized spacial score (nSPS) is 22.3. The molecule has 1 unspecified atom stereocenters. The molecule has 2 heterocycles. The van der Waals surface area contributed by atoms with Crippen molar-refractivity contribution in [1.82, 2.24) is 4.90 Å². The molecular formula is C20H31N3O2. The number of urea groups is 1. The van der Waals surface area contributed by atoms with Gasteiger partial charge in [-0.1, -0.05) is 13.0 Å². The highest BCUT2D eigenvalue weighted by molar-refractivity contribution is 5.90. The van der Waals surface area contributed by atoms with Crippen molar-refractivity contribution in [1.29, 1.82) is 0 Å². The van der Waals surface area contributed by atoms with Crippen LogP contribution in [0.5, 0.6) is 0 Å². The second-order valence-electron chi connectivity index (χ2n) is 8.16. The molecule has 0 bridgehead atoms. The fourth-order valence-corrected chi connectivity index (χ4v) is 3.99. The van der Waals surface area contributed by atoms with E-state index in [2.05, 4.69) is 29.3 Å². The van der Waals surface area contributed by atoms with Gasteiger partial charge in [-0.2, -0.15) is 0 Å². The molecule has 2 aliphatic rings. The largest absolute Gasteiger partial charge is 0.388 e. The van der Waals surface area contributed by atoms with Crippen LogP contribution in [-0.2, 0) is 0 Å². The fourth-order valence-electron chi connectivity index (χ4n) is 3.99. The first kappa shape index (κ1) is 18.1. The van der Waals surface area contributed by atoms with E-state index in [4.69, 9.17) is 0 Å². The van der Waals surface area contributed by atoms with Crippen LogP contribution in [0.4, 0.5) is 16.2 Å². The van der Waals surface area contributed by atoms with E-state index in [0.717, 1.165) is 37.5 Å². The van der Waals surface area contributed by atoms with Crippen molar-refractivity contribution in [2.45, 2.75) is 58.1 Å². The van der Waals surface area contributed by atoms with Gasteiger partial charge >= 0.3 is 6.03 Å². The maximum absolute atomic E-state index is 12.7. The number of amides is 2. The molecule has 2 fully saturated rings. The molecular weight excluding hydrogens is 314 g/mol. The number of benzene rings is 1. The molecule has 1 atom stereocenters. The lowest BCUT2D eigenvalue weighted by Gasteiger charge is -2.34. The molecule has 0 spiro atoms. The van der Waals surface area contributed by atoms with Crippen LogP contribution < -0.4 is 10.2 Å². The zero-order chi connectivity index (χ0) is 18.0. The maximum atomic E-state index is 12.7. The summed E-state index contributed by atoms with van der Waals surface area (Å²) in [6.07, 6.45) is 4.23. The van der Waals surface area contributed by atoms with Crippen molar-refractivity contribution in [3.05, 3.63) is 24.3 Å². The van der Waals surface area contributed by atoms with Crippen molar-refractivity contribution < 1.29 is 9.90 Å². The quantitative estimate of drug-likeness (QED) is 0.878. The van der Waals surface area contributed by atoms with E-state index in [-0.39, 0.29) is 12.1 Å². The summed E-state index contributed by atoms with van der Waals surface area (Å²) in [7, 11) is 0. The van der Waals surface area contributed by atoms with Gasteiger partial charge in [0.2, 0.25) is 0 Å². The van der Waals surface area contributed by atoms with Crippen LogP contribution in [0.15, 0.2) is 24.3 Å². The summed E-state index contributed by atoms with van der Waals surface area (Å²) in [5.41, 5.74) is 1.12. The molecule has 2 amide bonds. The van der Waals surface area contributed by atoms with E-state index in [1.54, 1.807) is 18.7 Å². The number of hydrogen-bond donors (Lipinski definition) is 2. The van der Waals surface area contributed by atoms with Gasteiger partial charge in [-0.15, -0.1) is 0 Å². The zero-order valence-corrected chi connectivity index (χ0v) is 15.7. The monoisotopic (exact) mass is 345 g/mol. The van der Waals surface area contributed by atoms with E-state index in [1.807, 2.05) is 12.1 Å². The highest BCUT2D eigenvalue weighted by Gasteiger charge is 2.38. The van der Waals surface area contributed by atoms with Gasteiger partial charge in [0.25, 0.3) is 0 Å². The molecule has 5 heteroatoms. The smallest absolute Gasteiger partial charge is 0.322 e. The first-order valence-electron chi connectivity index (χ1n) is 9.49. The van der Waals surface area contributed by atoms with Gasteiger partial charge in [0, 0.05) is 31.0 Å². The second-order valence-corrected chi connectivity index (χ2v) is 8.16. The molecule has 0 saturated carbocycles. The maximum Gasteiger partial charge on any atom is 0.322 e. The molecule has 5 nitrogen and oxygen atoms in total. The third kappa shape index (κ3) is 4.27. The van der Waals surface area contributed by atoms with Gasteiger partial charge in [0.05, 0.1) is 11.6 Å². The van der Waals surface area contributed by atoms with Gasteiger partial charge in [-0.25, -0.2) is 4.79 Å². The highest BCUT2D eigenvalue weighted by Crippen LogP contribution is 2.29. The Kier molecular flexibility index (Phi) is 5.23. The topological polar surface area (TPSA) is 55.8 Å². The number of likely N-dealkylation sites (tertiary alicyclic amines) is 1. The fraction of sp³-hybridized carbons (Fsp3) is 0.650. The summed E-state index contributed by atoms with van der Waals surface area (Å²) in [5.74, 6) is 0.799. The molecule has 138 valence electrons. The molecule has 3 rings (SSSR count). The van der Waals surface area contributed by atoms with E-state index >= 15 is 0 Å². The van der Waals surface area contributed by atoms with Crippen LogP contribution >= 0.6 is 0 Å². The SMILES string of the molecule is CC1CCN(c2cccc(NC(=O)N3CCCC3C(C)(C)O)c2)CC1. The second kappa shape index (κ2) is 7.24. The molecule has 0 aromatic heterocycles. The van der Waals surface area contributed by atoms with Crippen molar-refractivity contribution in [2.24, 2.45) is 5.92 Å². The third-order valence-electron chi connectivity index (χ3n) is 5.58. The Bertz CT molecular complexity index is 603. The number of rotatable bonds is 3. The zero-order valence-electron chi connectivity index (χ0n) is 15.7. The van der Waals surface area contributed by atoms with E-state index in [0.29, 0.717) is 6.54 Å². The lowest BCUT2D eigenvalue weighted by Crippen LogP contribution is -2.49. The Morgan fingerprint density at radius 3 is 2.60 bits per heavy atom. The molecule has 0 radical (unpaired) electrons. The van der Waals surface area contributed by atoms with Crippen LogP contribution in [0.1, 0.15) is 46.5 Å². The molecule has 1 aromatic carbocycles. The number of piperidine rings is 1. The Morgan fingerprint density at radius 2 is 1.92 bits per heavy atom. The summed E-state index contributed by atoms with van der Waals surface area (Å²) in [6.45, 7) is 8.71. The van der Waals surface area contributed by atoms with Gasteiger partial charge in [0.15, 0.2) is 0 Å². The minimum atomic E-state index is -0.875. The van der Waals surface area contributed by atoms with E-state index in [1.165, 1.54) is 18.5 Å². The Balaban J connectivity index is 1.67. The van der Waals surface area contributed by atoms with E-state index in [9.17, 15) is 9.90 Å². The van der Waals surface area contributed by atoms with Crippen molar-refractivity contribution in [3.63, 3.8) is 0 Å². The standard InChI is InChI=1S/C20H31N3O2/c1-15-9-12-22(13-10-15)17-7-4-6-16(14-17)21-19(24)23-11-5-8-18(23)20(2,3)25/h4,6-7,14-15,18,25H,5,8-13H2,1-3H3,(H,21,24). The summed E-state index contributed by atoms with van der Waals surface area (Å²) < 4.78 is 0. The molecule has 0 aliphatic carbocycles. The van der Waals surface area contributed by atoms with Crippen molar-refractivity contribution >= 4 is 17.4 Å². The highest BCUT2D eigenvalue weighted by atomic mass is 16.3. The van der Waals surface area contributed by atoms with Gasteiger partial charge in [-0.3, -0.25) is 0 Å². The van der Waals surface area contributed by atoms with Crippen molar-refractivity contribution in [3.8, 4) is 0 Å². The van der Waals surface area contributed by atoms with Gasteiger partial charge in [0.1, 0.15) is 0 Å². The van der Waals surface area contributed by atoms with Crippen LogP contribution in [0, 0.1) is 5.92 Å². The molecule has 25 heavy (non-hydrogen) atoms. The van der Waals surface area contributed by atoms with Gasteiger partial charge in [-0.05, 0) is 63.6 Å². The first-order chi connectivity index (χ1) is 11.8. The van der Waals surface area contributed by atoms with Crippen LogP contribution in [-0.4, -0.2) is 47.3 Å². The number of nitrogens with one attached hydrogen (secondary N) is 1. The van der Waals surface area contributed by atoms with E-state index < -0.39 is 5.60 Å². The summed E-state index contributed by atoms with van der Waals surface area (Å²) in [4.78, 5) is 16.9. The third-order valence-corrected chi connectivity index (χ3v) is 5.58. The number of nitrogens with zero attached hydrogens (tertiary/aromatic N) is 2. The summed E-state index contributed by atoms with van der Waals surface area (Å²) in [6, 6.07) is 7.86. The summed E-state index contributed by atoms with van der Waals surface area (Å²) in [5, 5.41) is 13.3. The molecule has 2 saturated heterocycles. The Hall–Kier alpha value is -1.75. The first-order valence-corrected chi connectivity index (χ1v) is 9.49. The number of hydrogen-bond acceptors (Lipinski definition) is 3. The number of anilines is 2. The number of carbonyl (C=O) groups is 1. The average Bonchev–Trinajstić information content (AvgIpc) is 3.06. The minimum Gasteiger partial charge on any atom is -0.388 e. The Labute approximate surface area is 151 Å². The molecule has 2 N–H and O–H groups in total. The van der Waals surface area contributed by atoms with Crippen LogP contribution in [0.3, 0.4) is 0 Å². The number of carbonyl (C=O) groups excluding carboxylic acids is 1. The van der Waals surface area contributed by atoms with Crippen molar-refractivity contribution in [2.75, 3.05) is 29.9 Å². The van der Waals surface area contributed by atoms with Crippen LogP contribution in [0.25, 0.3) is 0 Å². The predicted octanol–water partition coefficient (Wildman–Crippen LogP) is 3.69. The molecule has 2 aliphatic heterocycles. The molecule has 1 aromatic rings. The lowest BCUT2D eigenvalue weighted by atomic mass is 9.97. The number of aliphatic hydroxyl groups is 1. The summed E-state index contributed by atoms with van der Waals surface area (Å²) >= 11 is 0. The van der Waals surface area contributed by atoms with Crippen LogP contribution in [0.2, 0.25) is 0 Å². The lowest BCUT2D eigenvalue weighted by molar-refractivity contribution is 0.0117. The Morgan fingerprint density at radius 1 is 1.20 bits per heavy atom. The average molecular weight is 345 g/mol. The predicted molar refractivity (Wildman–Crippen MR) is 102 cm³/mol. The minimum absolute atomic E-state index is 0.117. The van der Waals surface area contributed by atoms with Gasteiger partial charge < -0.3 is 20.2 Å².